The maximum Gasteiger partial charge on any atom is 0.305 e. The second-order valence-corrected chi connectivity index (χ2v) is 7.63. The molecule has 0 radical (unpaired) electrons. The summed E-state index contributed by atoms with van der Waals surface area (Å²) in [5.74, 6) is -0.0794. The van der Waals surface area contributed by atoms with E-state index in [4.69, 9.17) is 9.47 Å². The largest absolute Gasteiger partial charge is 0.463 e. The molecule has 0 aromatic rings. The van der Waals surface area contributed by atoms with Crippen LogP contribution in [0.15, 0.2) is 0 Å². The monoisotopic (exact) mass is 451 g/mol. The van der Waals surface area contributed by atoms with E-state index in [0.29, 0.717) is 26.2 Å². The Morgan fingerprint density at radius 2 is 1.19 bits per heavy atom. The lowest BCUT2D eigenvalue weighted by Gasteiger charge is -2.10. The summed E-state index contributed by atoms with van der Waals surface area (Å²) < 4.78 is 10.6. The minimum Gasteiger partial charge on any atom is -0.463 e. The van der Waals surface area contributed by atoms with Crippen LogP contribution >= 0.6 is 17.0 Å². The summed E-state index contributed by atoms with van der Waals surface area (Å²) >= 11 is 0. The number of nitrogens with zero attached hydrogens (tertiary/aromatic N) is 1. The molecule has 0 spiro atoms. The van der Waals surface area contributed by atoms with Crippen molar-refractivity contribution in [1.82, 2.24) is 4.90 Å². The molecule has 0 saturated heterocycles. The maximum absolute atomic E-state index is 11.6. The number of likely N-dealkylation sites (N-methyl/N-ethyl adjacent to an activating group) is 1. The molecule has 5 heteroatoms. The predicted molar refractivity (Wildman–Crippen MR) is 121 cm³/mol. The fraction of sp³-hybridized carbons (Fsp3) is 0.955. The molecule has 0 aliphatic carbocycles. The third kappa shape index (κ3) is 25.9. The third-order valence-electron chi connectivity index (χ3n) is 4.66. The van der Waals surface area contributed by atoms with Crippen molar-refractivity contribution in [3.05, 3.63) is 0 Å². The molecule has 0 aliphatic heterocycles. The summed E-state index contributed by atoms with van der Waals surface area (Å²) in [6, 6.07) is 0. The molecular formula is C22H46BrNO3. The van der Waals surface area contributed by atoms with Crippen LogP contribution in [0.5, 0.6) is 0 Å². The number of halogens is 1. The molecule has 27 heavy (non-hydrogen) atoms. The number of esters is 1. The summed E-state index contributed by atoms with van der Waals surface area (Å²) in [4.78, 5) is 13.7. The van der Waals surface area contributed by atoms with Crippen LogP contribution in [0.25, 0.3) is 0 Å². The number of hydrogen-bond acceptors (Lipinski definition) is 4. The Morgan fingerprint density at radius 1 is 0.704 bits per heavy atom. The zero-order valence-corrected chi connectivity index (χ0v) is 20.0. The second-order valence-electron chi connectivity index (χ2n) is 7.63. The van der Waals surface area contributed by atoms with Gasteiger partial charge in [-0.15, -0.1) is 17.0 Å². The van der Waals surface area contributed by atoms with Gasteiger partial charge in [-0.2, -0.15) is 0 Å². The normalized spacial score (nSPS) is 10.8. The van der Waals surface area contributed by atoms with Gasteiger partial charge in [-0.05, 0) is 20.5 Å². The van der Waals surface area contributed by atoms with Crippen molar-refractivity contribution in [2.75, 3.05) is 40.5 Å². The summed E-state index contributed by atoms with van der Waals surface area (Å²) in [5, 5.41) is 0. The Hall–Kier alpha value is -0.130. The smallest absolute Gasteiger partial charge is 0.305 e. The van der Waals surface area contributed by atoms with Crippen molar-refractivity contribution < 1.29 is 14.3 Å². The molecule has 0 atom stereocenters. The van der Waals surface area contributed by atoms with Gasteiger partial charge in [0.2, 0.25) is 0 Å². The fourth-order valence-electron chi connectivity index (χ4n) is 2.92. The molecule has 0 aliphatic rings. The molecule has 0 fully saturated rings. The third-order valence-corrected chi connectivity index (χ3v) is 4.66. The maximum atomic E-state index is 11.6. The van der Waals surface area contributed by atoms with E-state index in [-0.39, 0.29) is 23.0 Å². The number of unbranched alkanes of at least 4 members (excludes halogenated alkanes) is 12. The number of hydrogen-bond donors (Lipinski definition) is 0. The molecule has 4 nitrogen and oxygen atoms in total. The molecule has 164 valence electrons. The lowest BCUT2D eigenvalue weighted by molar-refractivity contribution is -0.145. The van der Waals surface area contributed by atoms with Gasteiger partial charge in [-0.25, -0.2) is 0 Å². The van der Waals surface area contributed by atoms with Crippen LogP contribution in [0.1, 0.15) is 96.8 Å². The van der Waals surface area contributed by atoms with Crippen molar-refractivity contribution in [2.24, 2.45) is 0 Å². The molecule has 0 N–H and O–H groups in total. The number of carbonyl (C=O) groups excluding carboxylic acids is 1. The van der Waals surface area contributed by atoms with Crippen molar-refractivity contribution in [1.29, 1.82) is 0 Å². The molecular weight excluding hydrogens is 406 g/mol. The van der Waals surface area contributed by atoms with Gasteiger partial charge >= 0.3 is 5.97 Å². The molecule has 0 aromatic heterocycles. The van der Waals surface area contributed by atoms with Crippen molar-refractivity contribution >= 4 is 23.0 Å². The van der Waals surface area contributed by atoms with Gasteiger partial charge < -0.3 is 14.4 Å². The van der Waals surface area contributed by atoms with Gasteiger partial charge in [0, 0.05) is 13.0 Å². The number of rotatable bonds is 20. The van der Waals surface area contributed by atoms with Crippen LogP contribution < -0.4 is 0 Å². The van der Waals surface area contributed by atoms with Gasteiger partial charge in [0.05, 0.1) is 13.2 Å². The quantitative estimate of drug-likeness (QED) is 0.164. The molecule has 0 unspecified atom stereocenters. The zero-order chi connectivity index (χ0) is 19.3. The first kappa shape index (κ1) is 29.1. The van der Waals surface area contributed by atoms with Gasteiger partial charge in [-0.1, -0.05) is 84.0 Å². The minimum atomic E-state index is -0.0794. The van der Waals surface area contributed by atoms with E-state index in [1.807, 2.05) is 14.1 Å². The standard InChI is InChI=1S/C22H45NO3.BrH/c1-4-5-6-7-8-9-10-11-12-13-14-15-16-17-22(24)26-21-20-25-19-18-23(2)3;/h4-21H2,1-3H3;1H. The van der Waals surface area contributed by atoms with Crippen LogP contribution in [0.3, 0.4) is 0 Å². The molecule has 0 bridgehead atoms. The Labute approximate surface area is 179 Å². The Balaban J connectivity index is 0. The molecule has 0 saturated carbocycles. The van der Waals surface area contributed by atoms with Crippen LogP contribution in [0.2, 0.25) is 0 Å². The van der Waals surface area contributed by atoms with Gasteiger partial charge in [0.1, 0.15) is 6.61 Å². The van der Waals surface area contributed by atoms with Crippen LogP contribution in [-0.4, -0.2) is 51.3 Å². The highest BCUT2D eigenvalue weighted by atomic mass is 79.9. The van der Waals surface area contributed by atoms with E-state index in [2.05, 4.69) is 11.8 Å². The van der Waals surface area contributed by atoms with E-state index in [1.54, 1.807) is 0 Å². The summed E-state index contributed by atoms with van der Waals surface area (Å²) in [6.07, 6.45) is 17.7. The first-order valence-electron chi connectivity index (χ1n) is 11.0. The van der Waals surface area contributed by atoms with Crippen LogP contribution in [0, 0.1) is 0 Å². The van der Waals surface area contributed by atoms with E-state index in [9.17, 15) is 4.79 Å². The topological polar surface area (TPSA) is 38.8 Å². The van der Waals surface area contributed by atoms with Gasteiger partial charge in [-0.3, -0.25) is 4.79 Å². The van der Waals surface area contributed by atoms with Gasteiger partial charge in [0.25, 0.3) is 0 Å². The van der Waals surface area contributed by atoms with E-state index >= 15 is 0 Å². The number of carbonyl (C=O) groups is 1. The van der Waals surface area contributed by atoms with Crippen molar-refractivity contribution in [3.8, 4) is 0 Å². The number of ether oxygens (including phenoxy) is 2. The van der Waals surface area contributed by atoms with Crippen LogP contribution in [0.4, 0.5) is 0 Å². The average Bonchev–Trinajstić information content (AvgIpc) is 2.61. The Morgan fingerprint density at radius 3 is 1.67 bits per heavy atom. The lowest BCUT2D eigenvalue weighted by atomic mass is 10.0. The zero-order valence-electron chi connectivity index (χ0n) is 18.3. The average molecular weight is 453 g/mol. The molecule has 0 amide bonds. The van der Waals surface area contributed by atoms with E-state index < -0.39 is 0 Å². The first-order chi connectivity index (χ1) is 12.7. The molecule has 0 rings (SSSR count). The van der Waals surface area contributed by atoms with Crippen molar-refractivity contribution in [3.63, 3.8) is 0 Å². The molecule has 0 heterocycles. The first-order valence-corrected chi connectivity index (χ1v) is 11.0. The SMILES string of the molecule is Br.CCCCCCCCCCCCCCCC(=O)OCCOCCN(C)C. The van der Waals surface area contributed by atoms with Crippen molar-refractivity contribution in [2.45, 2.75) is 96.8 Å². The fourth-order valence-corrected chi connectivity index (χ4v) is 2.92. The van der Waals surface area contributed by atoms with E-state index in [0.717, 1.165) is 19.4 Å². The second kappa shape index (κ2) is 23.9. The lowest BCUT2D eigenvalue weighted by Crippen LogP contribution is -2.19. The Kier molecular flexibility index (Phi) is 25.7. The molecule has 0 aromatic carbocycles. The highest BCUT2D eigenvalue weighted by Gasteiger charge is 2.02. The summed E-state index contributed by atoms with van der Waals surface area (Å²) in [6.45, 7) is 4.73. The van der Waals surface area contributed by atoms with Gasteiger partial charge in [0.15, 0.2) is 0 Å². The van der Waals surface area contributed by atoms with Crippen LogP contribution in [-0.2, 0) is 14.3 Å². The highest BCUT2D eigenvalue weighted by molar-refractivity contribution is 8.93. The Bertz CT molecular complexity index is 301. The summed E-state index contributed by atoms with van der Waals surface area (Å²) in [7, 11) is 4.03. The minimum absolute atomic E-state index is 0. The predicted octanol–water partition coefficient (Wildman–Crippen LogP) is 6.17. The highest BCUT2D eigenvalue weighted by Crippen LogP contribution is 2.13. The summed E-state index contributed by atoms with van der Waals surface area (Å²) in [5.41, 5.74) is 0. The van der Waals surface area contributed by atoms with E-state index in [1.165, 1.54) is 70.6 Å².